The molecule has 0 saturated carbocycles. The van der Waals surface area contributed by atoms with E-state index in [-0.39, 0.29) is 17.9 Å². The van der Waals surface area contributed by atoms with Gasteiger partial charge >= 0.3 is 0 Å². The van der Waals surface area contributed by atoms with Crippen LogP contribution in [0.4, 0.5) is 4.39 Å². The molecular formula is C18H15FN4O2S. The number of nitrogens with zero attached hydrogens (tertiary/aromatic N) is 4. The number of hydrogen-bond acceptors (Lipinski definition) is 6. The molecule has 0 N–H and O–H groups in total. The molecule has 26 heavy (non-hydrogen) atoms. The van der Waals surface area contributed by atoms with Crippen molar-refractivity contribution in [1.82, 2.24) is 19.7 Å². The van der Waals surface area contributed by atoms with Crippen LogP contribution in [0, 0.1) is 5.82 Å². The predicted molar refractivity (Wildman–Crippen MR) is 96.7 cm³/mol. The molecule has 0 bridgehead atoms. The number of thiophene rings is 1. The monoisotopic (exact) mass is 370 g/mol. The summed E-state index contributed by atoms with van der Waals surface area (Å²) in [5.41, 5.74) is 1.33. The summed E-state index contributed by atoms with van der Waals surface area (Å²) in [6.45, 7) is 2.20. The Balaban J connectivity index is 1.75. The Morgan fingerprint density at radius 1 is 1.27 bits per heavy atom. The van der Waals surface area contributed by atoms with Crippen molar-refractivity contribution in [3.05, 3.63) is 63.9 Å². The van der Waals surface area contributed by atoms with Crippen molar-refractivity contribution in [2.45, 2.75) is 26.3 Å². The Labute approximate surface area is 151 Å². The summed E-state index contributed by atoms with van der Waals surface area (Å²) >= 11 is 1.38. The largest absolute Gasteiger partial charge is 0.337 e. The van der Waals surface area contributed by atoms with Gasteiger partial charge in [0.25, 0.3) is 5.56 Å². The maximum absolute atomic E-state index is 13.2. The average Bonchev–Trinajstić information content (AvgIpc) is 3.26. The summed E-state index contributed by atoms with van der Waals surface area (Å²) < 4.78 is 19.8. The average molecular weight is 370 g/mol. The van der Waals surface area contributed by atoms with Crippen LogP contribution in [0.5, 0.6) is 0 Å². The molecule has 3 aromatic heterocycles. The number of hydrogen-bond donors (Lipinski definition) is 0. The fourth-order valence-electron chi connectivity index (χ4n) is 2.75. The van der Waals surface area contributed by atoms with Crippen LogP contribution in [0.15, 0.2) is 45.3 Å². The number of halogens is 1. The fourth-order valence-corrected chi connectivity index (χ4v) is 3.65. The zero-order valence-corrected chi connectivity index (χ0v) is 14.8. The first-order valence-corrected chi connectivity index (χ1v) is 9.07. The van der Waals surface area contributed by atoms with Crippen LogP contribution in [0.2, 0.25) is 0 Å². The van der Waals surface area contributed by atoms with E-state index in [0.29, 0.717) is 21.9 Å². The first-order valence-electron chi connectivity index (χ1n) is 8.19. The maximum atomic E-state index is 13.2. The third-order valence-corrected chi connectivity index (χ3v) is 4.89. The van der Waals surface area contributed by atoms with Crippen LogP contribution in [-0.4, -0.2) is 19.7 Å². The van der Waals surface area contributed by atoms with Crippen molar-refractivity contribution < 1.29 is 8.91 Å². The number of rotatable bonds is 5. The van der Waals surface area contributed by atoms with Crippen LogP contribution in [-0.2, 0) is 13.0 Å². The summed E-state index contributed by atoms with van der Waals surface area (Å²) in [6.07, 6.45) is 3.14. The van der Waals surface area contributed by atoms with Crippen LogP contribution in [0.1, 0.15) is 25.1 Å². The molecule has 0 spiro atoms. The highest BCUT2D eigenvalue weighted by Crippen LogP contribution is 2.30. The molecule has 4 aromatic rings. The van der Waals surface area contributed by atoms with Gasteiger partial charge in [-0.05, 0) is 24.1 Å². The minimum Gasteiger partial charge on any atom is -0.337 e. The van der Waals surface area contributed by atoms with Crippen LogP contribution in [0.3, 0.4) is 0 Å². The number of benzene rings is 1. The molecule has 0 aliphatic rings. The normalized spacial score (nSPS) is 11.3. The summed E-state index contributed by atoms with van der Waals surface area (Å²) in [5, 5.41) is 6.28. The van der Waals surface area contributed by atoms with Crippen molar-refractivity contribution in [3.8, 4) is 11.1 Å². The van der Waals surface area contributed by atoms with Gasteiger partial charge in [0.2, 0.25) is 5.89 Å². The van der Waals surface area contributed by atoms with Gasteiger partial charge < -0.3 is 4.52 Å². The lowest BCUT2D eigenvalue weighted by atomic mass is 10.1. The Bertz CT molecular complexity index is 1110. The van der Waals surface area contributed by atoms with Gasteiger partial charge in [-0.25, -0.2) is 9.37 Å². The van der Waals surface area contributed by atoms with Crippen molar-refractivity contribution >= 4 is 21.6 Å². The predicted octanol–water partition coefficient (Wildman–Crippen LogP) is 3.65. The lowest BCUT2D eigenvalue weighted by molar-refractivity contribution is 0.364. The molecule has 4 rings (SSSR count). The first-order chi connectivity index (χ1) is 12.7. The van der Waals surface area contributed by atoms with Gasteiger partial charge in [-0.2, -0.15) is 4.98 Å². The van der Waals surface area contributed by atoms with Gasteiger partial charge in [-0.1, -0.05) is 24.2 Å². The molecule has 0 aliphatic heterocycles. The molecular weight excluding hydrogens is 355 g/mol. The summed E-state index contributed by atoms with van der Waals surface area (Å²) in [7, 11) is 0. The van der Waals surface area contributed by atoms with E-state index in [1.54, 1.807) is 12.1 Å². The first kappa shape index (κ1) is 16.6. The van der Waals surface area contributed by atoms with Gasteiger partial charge in [0.05, 0.1) is 11.7 Å². The zero-order chi connectivity index (χ0) is 18.1. The van der Waals surface area contributed by atoms with Crippen LogP contribution in [0.25, 0.3) is 21.3 Å². The van der Waals surface area contributed by atoms with Crippen molar-refractivity contribution in [2.75, 3.05) is 0 Å². The van der Waals surface area contributed by atoms with E-state index in [0.717, 1.165) is 24.0 Å². The molecule has 132 valence electrons. The van der Waals surface area contributed by atoms with Gasteiger partial charge in [0.15, 0.2) is 5.82 Å². The van der Waals surface area contributed by atoms with E-state index in [4.69, 9.17) is 4.52 Å². The second-order valence-corrected chi connectivity index (χ2v) is 6.73. The molecule has 0 atom stereocenters. The quantitative estimate of drug-likeness (QED) is 0.536. The van der Waals surface area contributed by atoms with Crippen LogP contribution < -0.4 is 5.56 Å². The second kappa shape index (κ2) is 6.80. The second-order valence-electron chi connectivity index (χ2n) is 5.87. The topological polar surface area (TPSA) is 73.8 Å². The van der Waals surface area contributed by atoms with Crippen molar-refractivity contribution in [1.29, 1.82) is 0 Å². The standard InChI is InChI=1S/C18H15FN4O2S/c1-2-3-14-21-15(25-22-14)8-23-10-20-17-16(18(23)24)13(9-26-17)11-4-6-12(19)7-5-11/h4-7,9-10H,2-3,8H2,1H3. The Morgan fingerprint density at radius 3 is 2.85 bits per heavy atom. The molecule has 0 amide bonds. The highest BCUT2D eigenvalue weighted by atomic mass is 32.1. The van der Waals surface area contributed by atoms with Crippen molar-refractivity contribution in [3.63, 3.8) is 0 Å². The summed E-state index contributed by atoms with van der Waals surface area (Å²) in [4.78, 5) is 22.2. The molecule has 0 aliphatic carbocycles. The van der Waals surface area contributed by atoms with Crippen molar-refractivity contribution in [2.24, 2.45) is 0 Å². The van der Waals surface area contributed by atoms with Gasteiger partial charge in [-0.3, -0.25) is 9.36 Å². The molecule has 8 heteroatoms. The minimum atomic E-state index is -0.317. The van der Waals surface area contributed by atoms with E-state index in [9.17, 15) is 9.18 Å². The molecule has 6 nitrogen and oxygen atoms in total. The Hall–Kier alpha value is -2.87. The SMILES string of the molecule is CCCc1noc(Cn2cnc3scc(-c4ccc(F)cc4)c3c2=O)n1. The lowest BCUT2D eigenvalue weighted by Gasteiger charge is -2.03. The molecule has 0 fully saturated rings. The zero-order valence-electron chi connectivity index (χ0n) is 14.0. The number of aryl methyl sites for hydroxylation is 1. The van der Waals surface area contributed by atoms with E-state index in [1.807, 2.05) is 12.3 Å². The lowest BCUT2D eigenvalue weighted by Crippen LogP contribution is -2.21. The smallest absolute Gasteiger partial charge is 0.263 e. The van der Waals surface area contributed by atoms with Gasteiger partial charge in [-0.15, -0.1) is 11.3 Å². The highest BCUT2D eigenvalue weighted by Gasteiger charge is 2.15. The molecule has 1 aromatic carbocycles. The van der Waals surface area contributed by atoms with Crippen LogP contribution >= 0.6 is 11.3 Å². The third-order valence-electron chi connectivity index (χ3n) is 4.01. The fraction of sp³-hybridized carbons (Fsp3) is 0.222. The van der Waals surface area contributed by atoms with E-state index < -0.39 is 0 Å². The molecule has 0 saturated heterocycles. The molecule has 0 radical (unpaired) electrons. The maximum Gasteiger partial charge on any atom is 0.263 e. The highest BCUT2D eigenvalue weighted by molar-refractivity contribution is 7.17. The Morgan fingerprint density at radius 2 is 2.08 bits per heavy atom. The Kier molecular flexibility index (Phi) is 4.34. The van der Waals surface area contributed by atoms with E-state index in [1.165, 1.54) is 34.4 Å². The molecule has 3 heterocycles. The van der Waals surface area contributed by atoms with Gasteiger partial charge in [0.1, 0.15) is 17.2 Å². The molecule has 0 unspecified atom stereocenters. The third kappa shape index (κ3) is 3.03. The van der Waals surface area contributed by atoms with E-state index >= 15 is 0 Å². The minimum absolute atomic E-state index is 0.164. The number of fused-ring (bicyclic) bond motifs is 1. The summed E-state index contributed by atoms with van der Waals surface area (Å²) in [6, 6.07) is 6.06. The van der Waals surface area contributed by atoms with Gasteiger partial charge in [0, 0.05) is 17.4 Å². The van der Waals surface area contributed by atoms with E-state index in [2.05, 4.69) is 15.1 Å². The summed E-state index contributed by atoms with van der Waals surface area (Å²) in [5.74, 6) is 0.686. The number of aromatic nitrogens is 4.